The number of urea groups is 1. The summed E-state index contributed by atoms with van der Waals surface area (Å²) in [4.78, 5) is 42.5. The molecule has 0 radical (unpaired) electrons. The molecule has 0 unspecified atom stereocenters. The van der Waals surface area contributed by atoms with Gasteiger partial charge in [-0.2, -0.15) is 0 Å². The second-order valence-corrected chi connectivity index (χ2v) is 6.04. The number of rotatable bonds is 6. The van der Waals surface area contributed by atoms with Gasteiger partial charge in [0.15, 0.2) is 0 Å². The van der Waals surface area contributed by atoms with Crippen molar-refractivity contribution in [2.75, 3.05) is 6.54 Å². The first kappa shape index (κ1) is 17.6. The SMILES string of the molecule is CC[C@@]1(c2ccccc2)NC(=O)N(CC(=O)NCc2ccccn2)C1=O. The molecule has 4 amide bonds. The average molecular weight is 352 g/mol. The summed E-state index contributed by atoms with van der Waals surface area (Å²) in [6.45, 7) is 1.74. The van der Waals surface area contributed by atoms with Gasteiger partial charge in [-0.3, -0.25) is 19.5 Å². The van der Waals surface area contributed by atoms with Gasteiger partial charge in [-0.15, -0.1) is 0 Å². The summed E-state index contributed by atoms with van der Waals surface area (Å²) in [5, 5.41) is 5.43. The summed E-state index contributed by atoms with van der Waals surface area (Å²) >= 11 is 0. The first-order valence-corrected chi connectivity index (χ1v) is 8.43. The van der Waals surface area contributed by atoms with E-state index in [9.17, 15) is 14.4 Å². The van der Waals surface area contributed by atoms with Crippen molar-refractivity contribution in [2.45, 2.75) is 25.4 Å². The van der Waals surface area contributed by atoms with Crippen molar-refractivity contribution in [1.29, 1.82) is 0 Å². The third-order valence-corrected chi connectivity index (χ3v) is 4.47. The van der Waals surface area contributed by atoms with E-state index < -0.39 is 23.4 Å². The molecule has 1 aromatic heterocycles. The minimum Gasteiger partial charge on any atom is -0.349 e. The van der Waals surface area contributed by atoms with Crippen LogP contribution in [-0.2, 0) is 21.7 Å². The van der Waals surface area contributed by atoms with Gasteiger partial charge in [-0.25, -0.2) is 4.79 Å². The molecule has 1 aliphatic rings. The van der Waals surface area contributed by atoms with Crippen LogP contribution in [0.1, 0.15) is 24.6 Å². The zero-order chi connectivity index (χ0) is 18.6. The summed E-state index contributed by atoms with van der Waals surface area (Å²) < 4.78 is 0. The highest BCUT2D eigenvalue weighted by atomic mass is 16.2. The van der Waals surface area contributed by atoms with Gasteiger partial charge in [0.25, 0.3) is 5.91 Å². The number of amides is 4. The first-order valence-electron chi connectivity index (χ1n) is 8.43. The zero-order valence-corrected chi connectivity index (χ0v) is 14.4. The summed E-state index contributed by atoms with van der Waals surface area (Å²) in [7, 11) is 0. The molecule has 0 spiro atoms. The number of benzene rings is 1. The van der Waals surface area contributed by atoms with Crippen LogP contribution in [0, 0.1) is 0 Å². The largest absolute Gasteiger partial charge is 0.349 e. The second-order valence-electron chi connectivity index (χ2n) is 6.04. The van der Waals surface area contributed by atoms with Crippen molar-refractivity contribution in [1.82, 2.24) is 20.5 Å². The van der Waals surface area contributed by atoms with Crippen LogP contribution in [0.15, 0.2) is 54.7 Å². The van der Waals surface area contributed by atoms with E-state index in [1.807, 2.05) is 31.2 Å². The lowest BCUT2D eigenvalue weighted by molar-refractivity contribution is -0.135. The number of hydrogen-bond acceptors (Lipinski definition) is 4. The van der Waals surface area contributed by atoms with Crippen molar-refractivity contribution >= 4 is 17.8 Å². The van der Waals surface area contributed by atoms with Crippen LogP contribution >= 0.6 is 0 Å². The van der Waals surface area contributed by atoms with Gasteiger partial charge in [0, 0.05) is 6.20 Å². The Morgan fingerprint density at radius 1 is 1.15 bits per heavy atom. The normalized spacial score (nSPS) is 19.3. The van der Waals surface area contributed by atoms with E-state index in [1.165, 1.54) is 0 Å². The Bertz CT molecular complexity index is 810. The molecular formula is C19H20N4O3. The number of nitrogens with zero attached hydrogens (tertiary/aromatic N) is 2. The molecule has 3 rings (SSSR count). The van der Waals surface area contributed by atoms with Crippen LogP contribution in [-0.4, -0.2) is 34.3 Å². The van der Waals surface area contributed by atoms with E-state index in [-0.39, 0.29) is 13.1 Å². The fourth-order valence-corrected chi connectivity index (χ4v) is 3.02. The van der Waals surface area contributed by atoms with Crippen molar-refractivity contribution in [3.8, 4) is 0 Å². The van der Waals surface area contributed by atoms with Crippen molar-refractivity contribution in [3.05, 3.63) is 66.0 Å². The van der Waals surface area contributed by atoms with Crippen molar-refractivity contribution in [3.63, 3.8) is 0 Å². The number of hydrogen-bond donors (Lipinski definition) is 2. The van der Waals surface area contributed by atoms with Gasteiger partial charge in [0.05, 0.1) is 12.2 Å². The minimum absolute atomic E-state index is 0.237. The Kier molecular flexibility index (Phi) is 4.97. The fraction of sp³-hybridized carbons (Fsp3) is 0.263. The molecule has 7 nitrogen and oxygen atoms in total. The summed E-state index contributed by atoms with van der Waals surface area (Å²) in [5.41, 5.74) is 0.280. The number of nitrogens with one attached hydrogen (secondary N) is 2. The lowest BCUT2D eigenvalue weighted by Gasteiger charge is -2.25. The Labute approximate surface area is 151 Å². The lowest BCUT2D eigenvalue weighted by Crippen LogP contribution is -2.44. The lowest BCUT2D eigenvalue weighted by atomic mass is 9.87. The topological polar surface area (TPSA) is 91.4 Å². The van der Waals surface area contributed by atoms with E-state index in [1.54, 1.807) is 30.5 Å². The van der Waals surface area contributed by atoms with Crippen LogP contribution in [0.5, 0.6) is 0 Å². The molecule has 2 aromatic rings. The second kappa shape index (κ2) is 7.35. The molecule has 1 saturated heterocycles. The molecule has 2 N–H and O–H groups in total. The molecule has 1 aromatic carbocycles. The number of pyridine rings is 1. The quantitative estimate of drug-likeness (QED) is 0.772. The molecule has 134 valence electrons. The maximum absolute atomic E-state index is 12.9. The Morgan fingerprint density at radius 2 is 1.88 bits per heavy atom. The summed E-state index contributed by atoms with van der Waals surface area (Å²) in [6, 6.07) is 13.9. The van der Waals surface area contributed by atoms with Gasteiger partial charge >= 0.3 is 6.03 Å². The van der Waals surface area contributed by atoms with Gasteiger partial charge in [0.1, 0.15) is 12.1 Å². The van der Waals surface area contributed by atoms with E-state index in [4.69, 9.17) is 0 Å². The van der Waals surface area contributed by atoms with Gasteiger partial charge in [0.2, 0.25) is 5.91 Å². The molecule has 2 heterocycles. The van der Waals surface area contributed by atoms with Crippen LogP contribution in [0.4, 0.5) is 4.79 Å². The van der Waals surface area contributed by atoms with Gasteiger partial charge in [-0.1, -0.05) is 43.3 Å². The molecule has 0 aliphatic carbocycles. The van der Waals surface area contributed by atoms with Crippen LogP contribution in [0.3, 0.4) is 0 Å². The van der Waals surface area contributed by atoms with Gasteiger partial charge in [-0.05, 0) is 24.1 Å². The van der Waals surface area contributed by atoms with E-state index in [0.29, 0.717) is 17.7 Å². The standard InChI is InChI=1S/C19H20N4O3/c1-2-19(14-8-4-3-5-9-14)17(25)23(18(26)22-19)13-16(24)21-12-15-10-6-7-11-20-15/h3-11H,2,12-13H2,1H3,(H,21,24)(H,22,26)/t19-/m0/s1. The molecule has 0 bridgehead atoms. The van der Waals surface area contributed by atoms with E-state index in [2.05, 4.69) is 15.6 Å². The van der Waals surface area contributed by atoms with E-state index >= 15 is 0 Å². The van der Waals surface area contributed by atoms with Crippen molar-refractivity contribution < 1.29 is 14.4 Å². The molecule has 0 saturated carbocycles. The van der Waals surface area contributed by atoms with Gasteiger partial charge < -0.3 is 10.6 Å². The maximum Gasteiger partial charge on any atom is 0.325 e. The predicted molar refractivity (Wildman–Crippen MR) is 94.7 cm³/mol. The Balaban J connectivity index is 1.70. The molecule has 1 atom stereocenters. The van der Waals surface area contributed by atoms with Crippen LogP contribution in [0.25, 0.3) is 0 Å². The molecule has 26 heavy (non-hydrogen) atoms. The highest BCUT2D eigenvalue weighted by Gasteiger charge is 2.51. The van der Waals surface area contributed by atoms with E-state index in [0.717, 1.165) is 4.90 Å². The third kappa shape index (κ3) is 3.28. The third-order valence-electron chi connectivity index (χ3n) is 4.47. The average Bonchev–Trinajstić information content (AvgIpc) is 2.93. The highest BCUT2D eigenvalue weighted by molar-refractivity contribution is 6.09. The first-order chi connectivity index (χ1) is 12.6. The molecular weight excluding hydrogens is 332 g/mol. The molecule has 7 heteroatoms. The zero-order valence-electron chi connectivity index (χ0n) is 14.4. The maximum atomic E-state index is 12.9. The molecule has 1 aliphatic heterocycles. The van der Waals surface area contributed by atoms with Crippen molar-refractivity contribution in [2.24, 2.45) is 0 Å². The highest BCUT2D eigenvalue weighted by Crippen LogP contribution is 2.32. The number of carbonyl (C=O) groups is 3. The number of carbonyl (C=O) groups excluding carboxylic acids is 3. The summed E-state index contributed by atoms with van der Waals surface area (Å²) in [5.74, 6) is -0.830. The fourth-order valence-electron chi connectivity index (χ4n) is 3.02. The van der Waals surface area contributed by atoms with Crippen LogP contribution in [0.2, 0.25) is 0 Å². The number of imide groups is 1. The Morgan fingerprint density at radius 3 is 2.54 bits per heavy atom. The number of aromatic nitrogens is 1. The molecule has 1 fully saturated rings. The Hall–Kier alpha value is -3.22. The minimum atomic E-state index is -1.13. The van der Waals surface area contributed by atoms with Crippen LogP contribution < -0.4 is 10.6 Å². The summed E-state index contributed by atoms with van der Waals surface area (Å²) in [6.07, 6.45) is 2.03. The predicted octanol–water partition coefficient (Wildman–Crippen LogP) is 1.56. The monoisotopic (exact) mass is 352 g/mol. The smallest absolute Gasteiger partial charge is 0.325 e.